The Bertz CT molecular complexity index is 426. The maximum Gasteiger partial charge on any atom is 0.122 e. The fourth-order valence-electron chi connectivity index (χ4n) is 1.59. The van der Waals surface area contributed by atoms with Crippen LogP contribution in [0.4, 0.5) is 0 Å². The van der Waals surface area contributed by atoms with E-state index in [1.807, 2.05) is 31.0 Å². The summed E-state index contributed by atoms with van der Waals surface area (Å²) in [6, 6.07) is 6.01. The highest BCUT2D eigenvalue weighted by atomic mass is 35.5. The minimum absolute atomic E-state index is 0.432. The number of hydrogen-bond acceptors (Lipinski definition) is 3. The molecular formula is C13H17ClN2O. The molecule has 0 aliphatic heterocycles. The van der Waals surface area contributed by atoms with E-state index >= 15 is 0 Å². The summed E-state index contributed by atoms with van der Waals surface area (Å²) >= 11 is 6.10. The van der Waals surface area contributed by atoms with Gasteiger partial charge < -0.3 is 4.74 Å². The monoisotopic (exact) mass is 252 g/mol. The SMILES string of the molecule is COc1cc(C)c(Cl)cc1CCN(C)CC#N. The summed E-state index contributed by atoms with van der Waals surface area (Å²) in [5.74, 6) is 0.859. The lowest BCUT2D eigenvalue weighted by atomic mass is 10.1. The molecule has 0 aliphatic carbocycles. The third kappa shape index (κ3) is 3.92. The van der Waals surface area contributed by atoms with Crippen LogP contribution in [0.15, 0.2) is 12.1 Å². The molecule has 0 unspecified atom stereocenters. The third-order valence-corrected chi connectivity index (χ3v) is 3.07. The Balaban J connectivity index is 2.77. The lowest BCUT2D eigenvalue weighted by molar-refractivity contribution is 0.370. The van der Waals surface area contributed by atoms with Crippen LogP contribution in [0.1, 0.15) is 11.1 Å². The molecule has 0 N–H and O–H groups in total. The summed E-state index contributed by atoms with van der Waals surface area (Å²) in [7, 11) is 3.58. The molecule has 0 spiro atoms. The Morgan fingerprint density at radius 2 is 2.18 bits per heavy atom. The van der Waals surface area contributed by atoms with Gasteiger partial charge in [-0.2, -0.15) is 5.26 Å². The molecule has 0 atom stereocenters. The van der Waals surface area contributed by atoms with Crippen LogP contribution in [0.5, 0.6) is 5.75 Å². The molecule has 0 radical (unpaired) electrons. The van der Waals surface area contributed by atoms with Crippen molar-refractivity contribution in [3.05, 3.63) is 28.3 Å². The Hall–Kier alpha value is -1.24. The number of nitriles is 1. The van der Waals surface area contributed by atoms with Gasteiger partial charge in [-0.05, 0) is 43.7 Å². The molecule has 0 saturated carbocycles. The van der Waals surface area contributed by atoms with Gasteiger partial charge in [-0.1, -0.05) is 11.6 Å². The average molecular weight is 253 g/mol. The zero-order valence-corrected chi connectivity index (χ0v) is 11.2. The molecule has 3 nitrogen and oxygen atoms in total. The first-order valence-electron chi connectivity index (χ1n) is 5.47. The van der Waals surface area contributed by atoms with Gasteiger partial charge in [0.15, 0.2) is 0 Å². The lowest BCUT2D eigenvalue weighted by Gasteiger charge is -2.15. The van der Waals surface area contributed by atoms with Crippen molar-refractivity contribution >= 4 is 11.6 Å². The molecule has 1 aromatic carbocycles. The van der Waals surface area contributed by atoms with Crippen LogP contribution in [0.3, 0.4) is 0 Å². The maximum absolute atomic E-state index is 8.58. The second kappa shape index (κ2) is 6.48. The second-order valence-corrected chi connectivity index (χ2v) is 4.47. The summed E-state index contributed by atoms with van der Waals surface area (Å²) in [6.45, 7) is 3.20. The smallest absolute Gasteiger partial charge is 0.122 e. The Kier molecular flexibility index (Phi) is 5.27. The van der Waals surface area contributed by atoms with Crippen molar-refractivity contribution in [3.8, 4) is 11.8 Å². The van der Waals surface area contributed by atoms with Gasteiger partial charge in [0.05, 0.1) is 19.7 Å². The van der Waals surface area contributed by atoms with E-state index in [1.165, 1.54) is 0 Å². The lowest BCUT2D eigenvalue weighted by Crippen LogP contribution is -2.21. The van der Waals surface area contributed by atoms with Crippen molar-refractivity contribution in [1.82, 2.24) is 4.90 Å². The molecule has 4 heteroatoms. The first kappa shape index (κ1) is 13.8. The van der Waals surface area contributed by atoms with E-state index in [1.54, 1.807) is 7.11 Å². The minimum atomic E-state index is 0.432. The summed E-state index contributed by atoms with van der Waals surface area (Å²) in [4.78, 5) is 1.97. The molecule has 0 saturated heterocycles. The van der Waals surface area contributed by atoms with E-state index in [2.05, 4.69) is 6.07 Å². The largest absolute Gasteiger partial charge is 0.496 e. The van der Waals surface area contributed by atoms with Gasteiger partial charge in [-0.15, -0.1) is 0 Å². The molecule has 0 aliphatic rings. The zero-order valence-electron chi connectivity index (χ0n) is 10.5. The third-order valence-electron chi connectivity index (χ3n) is 2.67. The molecule has 0 aromatic heterocycles. The molecule has 0 fully saturated rings. The number of aryl methyl sites for hydroxylation is 1. The highest BCUT2D eigenvalue weighted by Gasteiger charge is 2.08. The predicted octanol–water partition coefficient (Wildman–Crippen LogP) is 2.65. The summed E-state index contributed by atoms with van der Waals surface area (Å²) in [5, 5.41) is 9.33. The van der Waals surface area contributed by atoms with Crippen molar-refractivity contribution < 1.29 is 4.74 Å². The van der Waals surface area contributed by atoms with Crippen molar-refractivity contribution in [1.29, 1.82) is 5.26 Å². The number of likely N-dealkylation sites (N-methyl/N-ethyl adjacent to an activating group) is 1. The normalized spacial score (nSPS) is 10.4. The van der Waals surface area contributed by atoms with Gasteiger partial charge in [0.1, 0.15) is 5.75 Å². The van der Waals surface area contributed by atoms with Gasteiger partial charge in [-0.3, -0.25) is 4.90 Å². The van der Waals surface area contributed by atoms with E-state index in [0.717, 1.165) is 34.9 Å². The molecular weight excluding hydrogens is 236 g/mol. The van der Waals surface area contributed by atoms with Crippen LogP contribution in [0.25, 0.3) is 0 Å². The predicted molar refractivity (Wildman–Crippen MR) is 69.6 cm³/mol. The topological polar surface area (TPSA) is 36.3 Å². The van der Waals surface area contributed by atoms with Crippen LogP contribution in [0.2, 0.25) is 5.02 Å². The van der Waals surface area contributed by atoms with Crippen molar-refractivity contribution in [2.45, 2.75) is 13.3 Å². The second-order valence-electron chi connectivity index (χ2n) is 4.06. The zero-order chi connectivity index (χ0) is 12.8. The maximum atomic E-state index is 8.58. The molecule has 0 bridgehead atoms. The molecule has 1 aromatic rings. The van der Waals surface area contributed by atoms with Crippen LogP contribution in [0, 0.1) is 18.3 Å². The van der Waals surface area contributed by atoms with E-state index < -0.39 is 0 Å². The number of hydrogen-bond donors (Lipinski definition) is 0. The summed E-state index contributed by atoms with van der Waals surface area (Å²) < 4.78 is 5.33. The van der Waals surface area contributed by atoms with Gasteiger partial charge in [0, 0.05) is 11.6 Å². The molecule has 0 amide bonds. The minimum Gasteiger partial charge on any atom is -0.496 e. The van der Waals surface area contributed by atoms with Gasteiger partial charge in [0.2, 0.25) is 0 Å². The number of halogens is 1. The fraction of sp³-hybridized carbons (Fsp3) is 0.462. The van der Waals surface area contributed by atoms with Crippen molar-refractivity contribution in [2.24, 2.45) is 0 Å². The number of nitrogens with zero attached hydrogens (tertiary/aromatic N) is 2. The molecule has 0 heterocycles. The Labute approximate surface area is 108 Å². The number of ether oxygens (including phenoxy) is 1. The first-order valence-corrected chi connectivity index (χ1v) is 5.84. The van der Waals surface area contributed by atoms with Crippen LogP contribution >= 0.6 is 11.6 Å². The van der Waals surface area contributed by atoms with Gasteiger partial charge in [-0.25, -0.2) is 0 Å². The Morgan fingerprint density at radius 3 is 2.76 bits per heavy atom. The fourth-order valence-corrected chi connectivity index (χ4v) is 1.78. The highest BCUT2D eigenvalue weighted by Crippen LogP contribution is 2.26. The van der Waals surface area contributed by atoms with E-state index in [-0.39, 0.29) is 0 Å². The highest BCUT2D eigenvalue weighted by molar-refractivity contribution is 6.31. The number of methoxy groups -OCH3 is 1. The molecule has 1 rings (SSSR count). The standard InChI is InChI=1S/C13H17ClN2O/c1-10-8-13(17-3)11(9-12(10)14)4-6-16(2)7-5-15/h8-9H,4,6-7H2,1-3H3. The van der Waals surface area contributed by atoms with Crippen LogP contribution < -0.4 is 4.74 Å². The summed E-state index contributed by atoms with van der Waals surface area (Å²) in [5.41, 5.74) is 2.09. The Morgan fingerprint density at radius 1 is 1.47 bits per heavy atom. The van der Waals surface area contributed by atoms with E-state index in [0.29, 0.717) is 6.54 Å². The molecule has 92 valence electrons. The molecule has 17 heavy (non-hydrogen) atoms. The van der Waals surface area contributed by atoms with Crippen molar-refractivity contribution in [3.63, 3.8) is 0 Å². The van der Waals surface area contributed by atoms with Crippen LogP contribution in [-0.4, -0.2) is 32.1 Å². The average Bonchev–Trinajstić information content (AvgIpc) is 2.30. The number of benzene rings is 1. The first-order chi connectivity index (χ1) is 8.08. The quantitative estimate of drug-likeness (QED) is 0.756. The van der Waals surface area contributed by atoms with Gasteiger partial charge >= 0.3 is 0 Å². The van der Waals surface area contributed by atoms with Gasteiger partial charge in [0.25, 0.3) is 0 Å². The van der Waals surface area contributed by atoms with E-state index in [4.69, 9.17) is 21.6 Å². The van der Waals surface area contributed by atoms with Crippen molar-refractivity contribution in [2.75, 3.05) is 27.2 Å². The number of rotatable bonds is 5. The van der Waals surface area contributed by atoms with Crippen LogP contribution in [-0.2, 0) is 6.42 Å². The van der Waals surface area contributed by atoms with E-state index in [9.17, 15) is 0 Å². The summed E-state index contributed by atoms with van der Waals surface area (Å²) in [6.07, 6.45) is 0.821.